The van der Waals surface area contributed by atoms with E-state index in [0.29, 0.717) is 32.7 Å². The first kappa shape index (κ1) is 22.8. The van der Waals surface area contributed by atoms with E-state index in [9.17, 15) is 9.18 Å². The van der Waals surface area contributed by atoms with E-state index in [1.807, 2.05) is 4.90 Å². The molecule has 32 heavy (non-hydrogen) atoms. The van der Waals surface area contributed by atoms with Crippen molar-refractivity contribution in [3.63, 3.8) is 0 Å². The lowest BCUT2D eigenvalue weighted by Crippen LogP contribution is -2.54. The molecule has 0 spiro atoms. The molecule has 1 N–H and O–H groups in total. The van der Waals surface area contributed by atoms with Gasteiger partial charge in [-0.2, -0.15) is 0 Å². The number of halogens is 1. The Morgan fingerprint density at radius 3 is 2.50 bits per heavy atom. The van der Waals surface area contributed by atoms with Crippen LogP contribution < -0.4 is 10.2 Å². The minimum absolute atomic E-state index is 0.0730. The summed E-state index contributed by atoms with van der Waals surface area (Å²) in [7, 11) is 1.77. The van der Waals surface area contributed by atoms with Crippen LogP contribution in [0.25, 0.3) is 0 Å². The molecule has 0 bridgehead atoms. The highest BCUT2D eigenvalue weighted by Gasteiger charge is 2.32. The highest BCUT2D eigenvalue weighted by atomic mass is 19.1. The Morgan fingerprint density at radius 1 is 1.06 bits per heavy atom. The zero-order valence-electron chi connectivity index (χ0n) is 18.8. The molecule has 3 saturated heterocycles. The van der Waals surface area contributed by atoms with Gasteiger partial charge in [-0.15, -0.1) is 0 Å². The lowest BCUT2D eigenvalue weighted by molar-refractivity contribution is -0.131. The first-order chi connectivity index (χ1) is 15.6. The zero-order valence-corrected chi connectivity index (χ0v) is 18.8. The van der Waals surface area contributed by atoms with E-state index in [-0.39, 0.29) is 23.9 Å². The van der Waals surface area contributed by atoms with Gasteiger partial charge in [0.1, 0.15) is 11.9 Å². The summed E-state index contributed by atoms with van der Waals surface area (Å²) in [5.41, 5.74) is 0.996. The molecule has 3 heterocycles. The second-order valence-corrected chi connectivity index (χ2v) is 8.47. The van der Waals surface area contributed by atoms with Crippen LogP contribution in [0.2, 0.25) is 0 Å². The standard InChI is InChI=1S/C23H34FN5O3/c1-25-23(29-14-16-32-21(17-29)20-3-2-15-31-20)26-9-8-22(30)28-12-10-27(11-13-28)19-6-4-18(24)5-7-19/h4-7,20-21H,2-3,8-17H2,1H3,(H,25,26). The number of ether oxygens (including phenoxy) is 2. The first-order valence-corrected chi connectivity index (χ1v) is 11.6. The summed E-state index contributed by atoms with van der Waals surface area (Å²) >= 11 is 0. The average Bonchev–Trinajstić information content (AvgIpc) is 3.38. The van der Waals surface area contributed by atoms with Crippen molar-refractivity contribution in [2.45, 2.75) is 31.5 Å². The summed E-state index contributed by atoms with van der Waals surface area (Å²) in [5.74, 6) is 0.723. The monoisotopic (exact) mass is 447 g/mol. The average molecular weight is 448 g/mol. The smallest absolute Gasteiger partial charge is 0.224 e. The normalized spacial score (nSPS) is 24.7. The quantitative estimate of drug-likeness (QED) is 0.543. The number of nitrogens with one attached hydrogen (secondary N) is 1. The number of benzene rings is 1. The van der Waals surface area contributed by atoms with Gasteiger partial charge in [0.25, 0.3) is 0 Å². The van der Waals surface area contributed by atoms with Gasteiger partial charge in [0.15, 0.2) is 5.96 Å². The fourth-order valence-electron chi connectivity index (χ4n) is 4.63. The van der Waals surface area contributed by atoms with Crippen molar-refractivity contribution in [2.75, 3.05) is 71.0 Å². The van der Waals surface area contributed by atoms with Crippen molar-refractivity contribution in [3.8, 4) is 0 Å². The first-order valence-electron chi connectivity index (χ1n) is 11.6. The molecule has 3 aliphatic rings. The third kappa shape index (κ3) is 5.69. The van der Waals surface area contributed by atoms with E-state index in [4.69, 9.17) is 9.47 Å². The number of amides is 1. The van der Waals surface area contributed by atoms with Crippen LogP contribution in [0.3, 0.4) is 0 Å². The van der Waals surface area contributed by atoms with Gasteiger partial charge in [0.05, 0.1) is 12.7 Å². The Bertz CT molecular complexity index is 776. The molecule has 3 fully saturated rings. The van der Waals surface area contributed by atoms with Gasteiger partial charge < -0.3 is 29.5 Å². The molecule has 1 amide bonds. The van der Waals surface area contributed by atoms with E-state index >= 15 is 0 Å². The topological polar surface area (TPSA) is 69.6 Å². The fraction of sp³-hybridized carbons (Fsp3) is 0.652. The molecule has 2 atom stereocenters. The van der Waals surface area contributed by atoms with Crippen LogP contribution in [-0.4, -0.2) is 99.9 Å². The number of carbonyl (C=O) groups excluding carboxylic acids is 1. The highest BCUT2D eigenvalue weighted by molar-refractivity contribution is 5.81. The predicted molar refractivity (Wildman–Crippen MR) is 121 cm³/mol. The van der Waals surface area contributed by atoms with Crippen molar-refractivity contribution >= 4 is 17.6 Å². The van der Waals surface area contributed by atoms with Crippen LogP contribution in [0.5, 0.6) is 0 Å². The molecule has 0 radical (unpaired) electrons. The zero-order chi connectivity index (χ0) is 22.3. The third-order valence-electron chi connectivity index (χ3n) is 6.43. The van der Waals surface area contributed by atoms with Crippen molar-refractivity contribution in [1.82, 2.24) is 15.1 Å². The molecule has 2 unspecified atom stereocenters. The minimum Gasteiger partial charge on any atom is -0.375 e. The van der Waals surface area contributed by atoms with Crippen molar-refractivity contribution in [2.24, 2.45) is 4.99 Å². The van der Waals surface area contributed by atoms with E-state index in [1.54, 1.807) is 19.2 Å². The lowest BCUT2D eigenvalue weighted by atomic mass is 10.1. The van der Waals surface area contributed by atoms with Gasteiger partial charge >= 0.3 is 0 Å². The largest absolute Gasteiger partial charge is 0.375 e. The number of hydrogen-bond donors (Lipinski definition) is 1. The number of anilines is 1. The molecule has 8 nitrogen and oxygen atoms in total. The van der Waals surface area contributed by atoms with Gasteiger partial charge in [0.2, 0.25) is 5.91 Å². The second-order valence-electron chi connectivity index (χ2n) is 8.47. The maximum atomic E-state index is 13.1. The molecule has 176 valence electrons. The molecule has 3 aliphatic heterocycles. The SMILES string of the molecule is CN=C(NCCC(=O)N1CCN(c2ccc(F)cc2)CC1)N1CCOC(C2CCCO2)C1. The number of hydrogen-bond acceptors (Lipinski definition) is 5. The summed E-state index contributed by atoms with van der Waals surface area (Å²) in [6.45, 7) is 6.42. The number of carbonyl (C=O) groups is 1. The summed E-state index contributed by atoms with van der Waals surface area (Å²) in [4.78, 5) is 23.4. The van der Waals surface area contributed by atoms with Crippen molar-refractivity contribution < 1.29 is 18.7 Å². The molecule has 0 aliphatic carbocycles. The molecular formula is C23H34FN5O3. The molecule has 9 heteroatoms. The van der Waals surface area contributed by atoms with Gasteiger partial charge in [-0.25, -0.2) is 4.39 Å². The summed E-state index contributed by atoms with van der Waals surface area (Å²) in [6, 6.07) is 6.53. The Kier molecular flexibility index (Phi) is 7.81. The van der Waals surface area contributed by atoms with Crippen LogP contribution in [-0.2, 0) is 14.3 Å². The Morgan fingerprint density at radius 2 is 1.81 bits per heavy atom. The van der Waals surface area contributed by atoms with E-state index in [1.165, 1.54) is 12.1 Å². The predicted octanol–water partition coefficient (Wildman–Crippen LogP) is 1.32. The highest BCUT2D eigenvalue weighted by Crippen LogP contribution is 2.21. The maximum Gasteiger partial charge on any atom is 0.224 e. The Labute approximate surface area is 189 Å². The minimum atomic E-state index is -0.232. The van der Waals surface area contributed by atoms with E-state index in [0.717, 1.165) is 57.3 Å². The molecular weight excluding hydrogens is 413 g/mol. The molecule has 1 aromatic carbocycles. The Hall–Kier alpha value is -2.39. The van der Waals surface area contributed by atoms with Crippen LogP contribution >= 0.6 is 0 Å². The fourth-order valence-corrected chi connectivity index (χ4v) is 4.63. The lowest BCUT2D eigenvalue weighted by Gasteiger charge is -2.37. The van der Waals surface area contributed by atoms with Crippen LogP contribution in [0.1, 0.15) is 19.3 Å². The number of piperazine rings is 1. The molecule has 1 aromatic rings. The molecule has 0 aromatic heterocycles. The van der Waals surface area contributed by atoms with Gasteiger partial charge in [-0.05, 0) is 37.1 Å². The van der Waals surface area contributed by atoms with Crippen molar-refractivity contribution in [3.05, 3.63) is 30.1 Å². The van der Waals surface area contributed by atoms with Crippen LogP contribution in [0.4, 0.5) is 10.1 Å². The number of rotatable bonds is 5. The van der Waals surface area contributed by atoms with Gasteiger partial charge in [-0.1, -0.05) is 0 Å². The van der Waals surface area contributed by atoms with Crippen molar-refractivity contribution in [1.29, 1.82) is 0 Å². The van der Waals surface area contributed by atoms with E-state index in [2.05, 4.69) is 20.1 Å². The molecule has 4 rings (SSSR count). The molecule has 0 saturated carbocycles. The van der Waals surface area contributed by atoms with Crippen LogP contribution in [0, 0.1) is 5.82 Å². The second kappa shape index (κ2) is 11.0. The summed E-state index contributed by atoms with van der Waals surface area (Å²) in [5, 5.41) is 3.35. The van der Waals surface area contributed by atoms with Gasteiger partial charge in [-0.3, -0.25) is 9.79 Å². The van der Waals surface area contributed by atoms with E-state index < -0.39 is 0 Å². The number of aliphatic imine (C=N–C) groups is 1. The number of guanidine groups is 1. The Balaban J connectivity index is 1.19. The number of nitrogens with zero attached hydrogens (tertiary/aromatic N) is 4. The van der Waals surface area contributed by atoms with Crippen LogP contribution in [0.15, 0.2) is 29.3 Å². The maximum absolute atomic E-state index is 13.1. The van der Waals surface area contributed by atoms with Gasteiger partial charge in [0, 0.05) is 71.6 Å². The number of morpholine rings is 1. The summed E-state index contributed by atoms with van der Waals surface area (Å²) in [6.07, 6.45) is 2.82. The third-order valence-corrected chi connectivity index (χ3v) is 6.43. The summed E-state index contributed by atoms with van der Waals surface area (Å²) < 4.78 is 24.8.